The van der Waals surface area contributed by atoms with Gasteiger partial charge >= 0.3 is 5.97 Å². The number of allylic oxidation sites excluding steroid dienone is 1. The van der Waals surface area contributed by atoms with Crippen LogP contribution in [0.1, 0.15) is 98.3 Å². The zero-order chi connectivity index (χ0) is 19.4. The van der Waals surface area contributed by atoms with E-state index in [1.54, 1.807) is 13.0 Å². The van der Waals surface area contributed by atoms with Gasteiger partial charge in [0.15, 0.2) is 0 Å². The normalized spacial score (nSPS) is 18.8. The number of hydrogen-bond acceptors (Lipinski definition) is 3. The molecule has 1 aliphatic rings. The molecule has 0 bridgehead atoms. The molecule has 0 N–H and O–H groups in total. The Morgan fingerprint density at radius 3 is 2.46 bits per heavy atom. The molecule has 0 aromatic carbocycles. The summed E-state index contributed by atoms with van der Waals surface area (Å²) >= 11 is 0. The SMILES string of the molecule is C/C=C(\C)C(=O)OC(C)CC1CCCN1C(=O)CCCCCCCCC. The number of carbonyl (C=O) groups is 2. The largest absolute Gasteiger partial charge is 0.459 e. The van der Waals surface area contributed by atoms with Gasteiger partial charge < -0.3 is 9.64 Å². The van der Waals surface area contributed by atoms with Crippen molar-refractivity contribution in [2.75, 3.05) is 6.54 Å². The lowest BCUT2D eigenvalue weighted by molar-refractivity contribution is -0.144. The average molecular weight is 366 g/mol. The lowest BCUT2D eigenvalue weighted by Crippen LogP contribution is -2.37. The molecule has 0 radical (unpaired) electrons. The summed E-state index contributed by atoms with van der Waals surface area (Å²) in [5.74, 6) is 0.0307. The fourth-order valence-corrected chi connectivity index (χ4v) is 3.61. The summed E-state index contributed by atoms with van der Waals surface area (Å²) in [6.45, 7) is 8.62. The van der Waals surface area contributed by atoms with Crippen LogP contribution in [0.4, 0.5) is 0 Å². The second-order valence-corrected chi connectivity index (χ2v) is 7.68. The smallest absolute Gasteiger partial charge is 0.333 e. The van der Waals surface area contributed by atoms with Gasteiger partial charge in [-0.05, 0) is 40.0 Å². The number of nitrogens with zero attached hydrogens (tertiary/aromatic N) is 1. The third kappa shape index (κ3) is 8.37. The second kappa shape index (κ2) is 12.9. The molecule has 0 spiro atoms. The van der Waals surface area contributed by atoms with Crippen LogP contribution < -0.4 is 0 Å². The van der Waals surface area contributed by atoms with E-state index in [4.69, 9.17) is 4.74 Å². The van der Waals surface area contributed by atoms with E-state index < -0.39 is 0 Å². The summed E-state index contributed by atoms with van der Waals surface area (Å²) in [5.41, 5.74) is 0.634. The van der Waals surface area contributed by atoms with E-state index in [0.717, 1.165) is 38.6 Å². The Bertz CT molecular complexity index is 458. The highest BCUT2D eigenvalue weighted by Gasteiger charge is 2.30. The Kier molecular flexibility index (Phi) is 11.3. The lowest BCUT2D eigenvalue weighted by Gasteiger charge is -2.27. The summed E-state index contributed by atoms with van der Waals surface area (Å²) in [5, 5.41) is 0. The number of rotatable bonds is 12. The van der Waals surface area contributed by atoms with Crippen molar-refractivity contribution < 1.29 is 14.3 Å². The second-order valence-electron chi connectivity index (χ2n) is 7.68. The highest BCUT2D eigenvalue weighted by Crippen LogP contribution is 2.24. The first-order chi connectivity index (χ1) is 12.5. The lowest BCUT2D eigenvalue weighted by atomic mass is 10.1. The van der Waals surface area contributed by atoms with Gasteiger partial charge in [0.05, 0.1) is 0 Å². The zero-order valence-electron chi connectivity index (χ0n) is 17.4. The highest BCUT2D eigenvalue weighted by atomic mass is 16.5. The fourth-order valence-electron chi connectivity index (χ4n) is 3.61. The first-order valence-electron chi connectivity index (χ1n) is 10.6. The molecule has 4 nitrogen and oxygen atoms in total. The molecule has 2 unspecified atom stereocenters. The molecule has 1 aliphatic heterocycles. The maximum atomic E-state index is 12.6. The van der Waals surface area contributed by atoms with Crippen LogP contribution in [0, 0.1) is 0 Å². The molecular formula is C22H39NO3. The molecule has 0 aromatic rings. The fraction of sp³-hybridized carbons (Fsp3) is 0.818. The molecule has 4 heteroatoms. The topological polar surface area (TPSA) is 46.6 Å². The number of unbranched alkanes of at least 4 members (excludes halogenated alkanes) is 6. The highest BCUT2D eigenvalue weighted by molar-refractivity contribution is 5.87. The van der Waals surface area contributed by atoms with Crippen LogP contribution in [0.2, 0.25) is 0 Å². The summed E-state index contributed by atoms with van der Waals surface area (Å²) < 4.78 is 5.49. The van der Waals surface area contributed by atoms with Gasteiger partial charge in [-0.15, -0.1) is 0 Å². The first-order valence-corrected chi connectivity index (χ1v) is 10.6. The minimum atomic E-state index is -0.251. The Hall–Kier alpha value is -1.32. The first kappa shape index (κ1) is 22.7. The van der Waals surface area contributed by atoms with E-state index >= 15 is 0 Å². The number of amides is 1. The molecule has 0 aliphatic carbocycles. The maximum absolute atomic E-state index is 12.6. The molecule has 1 fully saturated rings. The number of likely N-dealkylation sites (tertiary alicyclic amines) is 1. The minimum Gasteiger partial charge on any atom is -0.459 e. The molecular weight excluding hydrogens is 326 g/mol. The van der Waals surface area contributed by atoms with Gasteiger partial charge in [0.1, 0.15) is 6.10 Å². The van der Waals surface area contributed by atoms with E-state index in [0.29, 0.717) is 12.0 Å². The Morgan fingerprint density at radius 1 is 1.15 bits per heavy atom. The molecule has 150 valence electrons. The molecule has 1 heterocycles. The Balaban J connectivity index is 2.30. The van der Waals surface area contributed by atoms with Crippen molar-refractivity contribution in [1.29, 1.82) is 0 Å². The van der Waals surface area contributed by atoms with Crippen LogP contribution in [-0.4, -0.2) is 35.5 Å². The van der Waals surface area contributed by atoms with E-state index in [1.165, 1.54) is 32.1 Å². The molecule has 1 rings (SSSR count). The maximum Gasteiger partial charge on any atom is 0.333 e. The predicted octanol–water partition coefficient (Wildman–Crippen LogP) is 5.41. The van der Waals surface area contributed by atoms with Crippen molar-refractivity contribution in [2.45, 2.75) is 110 Å². The van der Waals surface area contributed by atoms with E-state index in [1.807, 2.05) is 18.7 Å². The third-order valence-electron chi connectivity index (χ3n) is 5.36. The molecule has 2 atom stereocenters. The molecule has 0 saturated carbocycles. The molecule has 26 heavy (non-hydrogen) atoms. The van der Waals surface area contributed by atoms with E-state index in [9.17, 15) is 9.59 Å². The molecule has 1 saturated heterocycles. The number of hydrogen-bond donors (Lipinski definition) is 0. The number of esters is 1. The summed E-state index contributed by atoms with van der Waals surface area (Å²) in [6.07, 6.45) is 13.7. The van der Waals surface area contributed by atoms with Gasteiger partial charge in [-0.3, -0.25) is 4.79 Å². The number of carbonyl (C=O) groups excluding carboxylic acids is 2. The van der Waals surface area contributed by atoms with Gasteiger partial charge in [-0.25, -0.2) is 4.79 Å². The molecule has 1 amide bonds. The van der Waals surface area contributed by atoms with E-state index in [-0.39, 0.29) is 24.0 Å². The van der Waals surface area contributed by atoms with Crippen LogP contribution >= 0.6 is 0 Å². The summed E-state index contributed by atoms with van der Waals surface area (Å²) in [7, 11) is 0. The monoisotopic (exact) mass is 365 g/mol. The standard InChI is InChI=1S/C22H39NO3/c1-5-7-8-9-10-11-12-15-21(24)23-16-13-14-20(23)17-19(4)26-22(25)18(3)6-2/h6,19-20H,5,7-17H2,1-4H3/b18-6+. The van der Waals surface area contributed by atoms with Crippen LogP contribution in [0.5, 0.6) is 0 Å². The van der Waals surface area contributed by atoms with E-state index in [2.05, 4.69) is 6.92 Å². The minimum absolute atomic E-state index is 0.158. The van der Waals surface area contributed by atoms with Crippen LogP contribution in [-0.2, 0) is 14.3 Å². The molecule has 0 aromatic heterocycles. The third-order valence-corrected chi connectivity index (χ3v) is 5.36. The predicted molar refractivity (Wildman–Crippen MR) is 107 cm³/mol. The van der Waals surface area contributed by atoms with Crippen molar-refractivity contribution in [2.24, 2.45) is 0 Å². The van der Waals surface area contributed by atoms with Crippen molar-refractivity contribution in [3.63, 3.8) is 0 Å². The van der Waals surface area contributed by atoms with Gasteiger partial charge in [0, 0.05) is 31.0 Å². The quantitative estimate of drug-likeness (QED) is 0.264. The summed E-state index contributed by atoms with van der Waals surface area (Å²) in [6, 6.07) is 0.223. The van der Waals surface area contributed by atoms with Gasteiger partial charge in [-0.1, -0.05) is 51.5 Å². The van der Waals surface area contributed by atoms with Crippen molar-refractivity contribution in [3.8, 4) is 0 Å². The van der Waals surface area contributed by atoms with Gasteiger partial charge in [0.2, 0.25) is 5.91 Å². The van der Waals surface area contributed by atoms with Crippen LogP contribution in [0.25, 0.3) is 0 Å². The van der Waals surface area contributed by atoms with Gasteiger partial charge in [0.25, 0.3) is 0 Å². The Labute approximate surface area is 160 Å². The average Bonchev–Trinajstić information content (AvgIpc) is 3.07. The van der Waals surface area contributed by atoms with Crippen LogP contribution in [0.3, 0.4) is 0 Å². The zero-order valence-corrected chi connectivity index (χ0v) is 17.4. The van der Waals surface area contributed by atoms with Gasteiger partial charge in [-0.2, -0.15) is 0 Å². The number of ether oxygens (including phenoxy) is 1. The van der Waals surface area contributed by atoms with Crippen molar-refractivity contribution in [3.05, 3.63) is 11.6 Å². The van der Waals surface area contributed by atoms with Crippen molar-refractivity contribution >= 4 is 11.9 Å². The van der Waals surface area contributed by atoms with Crippen LogP contribution in [0.15, 0.2) is 11.6 Å². The Morgan fingerprint density at radius 2 is 1.81 bits per heavy atom. The summed E-state index contributed by atoms with van der Waals surface area (Å²) in [4.78, 5) is 26.5. The van der Waals surface area contributed by atoms with Crippen molar-refractivity contribution in [1.82, 2.24) is 4.90 Å².